The Hall–Kier alpha value is -2.73. The molecule has 0 saturated carbocycles. The molecule has 0 atom stereocenters. The summed E-state index contributed by atoms with van der Waals surface area (Å²) in [5, 5.41) is 8.95. The number of amides is 1. The summed E-state index contributed by atoms with van der Waals surface area (Å²) >= 11 is 0. The summed E-state index contributed by atoms with van der Waals surface area (Å²) < 4.78 is 27.5. The number of sulfonamides is 1. The van der Waals surface area contributed by atoms with Gasteiger partial charge in [0.05, 0.1) is 23.9 Å². The van der Waals surface area contributed by atoms with Gasteiger partial charge in [-0.3, -0.25) is 9.69 Å². The van der Waals surface area contributed by atoms with Crippen LogP contribution in [0.15, 0.2) is 59.5 Å². The molecule has 0 spiro atoms. The lowest BCUT2D eigenvalue weighted by Crippen LogP contribution is -2.51. The largest absolute Gasteiger partial charge is 0.310 e. The summed E-state index contributed by atoms with van der Waals surface area (Å²) in [6.45, 7) is 4.28. The monoisotopic (exact) mass is 454 g/mol. The number of carbonyl (C=O) groups excluding carboxylic acids is 1. The van der Waals surface area contributed by atoms with Crippen LogP contribution in [0.5, 0.6) is 0 Å². The Morgan fingerprint density at radius 1 is 1.03 bits per heavy atom. The van der Waals surface area contributed by atoms with Gasteiger partial charge in [-0.15, -0.1) is 0 Å². The molecule has 0 radical (unpaired) electrons. The molecule has 7 nitrogen and oxygen atoms in total. The lowest BCUT2D eigenvalue weighted by atomic mass is 10.1. The molecular formula is C24H30N4O3S. The average Bonchev–Trinajstić information content (AvgIpc) is 2.81. The third-order valence-corrected chi connectivity index (χ3v) is 7.52. The molecule has 0 aromatic heterocycles. The van der Waals surface area contributed by atoms with E-state index < -0.39 is 10.0 Å². The van der Waals surface area contributed by atoms with Crippen molar-refractivity contribution >= 4 is 21.6 Å². The van der Waals surface area contributed by atoms with Crippen molar-refractivity contribution in [2.45, 2.75) is 31.1 Å². The van der Waals surface area contributed by atoms with Crippen LogP contribution in [-0.2, 0) is 21.2 Å². The smallest absolute Gasteiger partial charge is 0.243 e. The van der Waals surface area contributed by atoms with Crippen LogP contribution < -0.4 is 4.90 Å². The number of piperazine rings is 1. The normalized spacial score (nSPS) is 15.2. The number of para-hydroxylation sites is 1. The number of hydrogen-bond donors (Lipinski definition) is 0. The van der Waals surface area contributed by atoms with Crippen molar-refractivity contribution in [2.75, 3.05) is 44.2 Å². The number of aryl methyl sites for hydroxylation is 1. The minimum absolute atomic E-state index is 0.0886. The van der Waals surface area contributed by atoms with Crippen molar-refractivity contribution in [3.05, 3.63) is 60.2 Å². The van der Waals surface area contributed by atoms with E-state index in [1.54, 1.807) is 17.0 Å². The lowest BCUT2D eigenvalue weighted by molar-refractivity contribution is -0.120. The average molecular weight is 455 g/mol. The second-order valence-electron chi connectivity index (χ2n) is 7.86. The van der Waals surface area contributed by atoms with Gasteiger partial charge >= 0.3 is 0 Å². The predicted molar refractivity (Wildman–Crippen MR) is 125 cm³/mol. The molecule has 0 unspecified atom stereocenters. The third-order valence-electron chi connectivity index (χ3n) is 5.61. The van der Waals surface area contributed by atoms with Crippen LogP contribution in [0, 0.1) is 11.3 Å². The van der Waals surface area contributed by atoms with Crippen LogP contribution in [0.2, 0.25) is 0 Å². The van der Waals surface area contributed by atoms with E-state index in [2.05, 4.69) is 13.0 Å². The molecule has 1 saturated heterocycles. The number of nitrogens with zero attached hydrogens (tertiary/aromatic N) is 4. The minimum Gasteiger partial charge on any atom is -0.310 e. The van der Waals surface area contributed by atoms with Gasteiger partial charge in [0.2, 0.25) is 15.9 Å². The van der Waals surface area contributed by atoms with Gasteiger partial charge in [0, 0.05) is 38.4 Å². The molecule has 1 heterocycles. The van der Waals surface area contributed by atoms with E-state index in [-0.39, 0.29) is 18.9 Å². The van der Waals surface area contributed by atoms with Crippen LogP contribution in [0.3, 0.4) is 0 Å². The SMILES string of the molecule is CCCc1ccc(S(=O)(=O)N2CCN(CC(=O)N(CCC#N)c3ccccc3)CC2)cc1. The van der Waals surface area contributed by atoms with Crippen molar-refractivity contribution in [2.24, 2.45) is 0 Å². The van der Waals surface area contributed by atoms with Crippen molar-refractivity contribution in [3.8, 4) is 6.07 Å². The molecular weight excluding hydrogens is 424 g/mol. The molecule has 1 aliphatic rings. The van der Waals surface area contributed by atoms with Crippen molar-refractivity contribution in [1.82, 2.24) is 9.21 Å². The highest BCUT2D eigenvalue weighted by Crippen LogP contribution is 2.20. The summed E-state index contributed by atoms with van der Waals surface area (Å²) in [7, 11) is -3.54. The van der Waals surface area contributed by atoms with Crippen LogP contribution in [-0.4, -0.2) is 62.8 Å². The first kappa shape index (κ1) is 23.9. The molecule has 1 amide bonds. The van der Waals surface area contributed by atoms with Crippen molar-refractivity contribution < 1.29 is 13.2 Å². The first-order valence-electron chi connectivity index (χ1n) is 11.0. The molecule has 0 bridgehead atoms. The molecule has 0 aliphatic carbocycles. The highest BCUT2D eigenvalue weighted by atomic mass is 32.2. The Balaban J connectivity index is 1.59. The molecule has 32 heavy (non-hydrogen) atoms. The first-order valence-corrected chi connectivity index (χ1v) is 12.4. The van der Waals surface area contributed by atoms with Gasteiger partial charge in [0.15, 0.2) is 0 Å². The molecule has 0 N–H and O–H groups in total. The zero-order valence-electron chi connectivity index (χ0n) is 18.5. The molecule has 1 aliphatic heterocycles. The molecule has 1 fully saturated rings. The summed E-state index contributed by atoms with van der Waals surface area (Å²) in [6.07, 6.45) is 2.20. The fraction of sp³-hybridized carbons (Fsp3) is 0.417. The van der Waals surface area contributed by atoms with Crippen LogP contribution >= 0.6 is 0 Å². The Morgan fingerprint density at radius 2 is 1.69 bits per heavy atom. The number of benzene rings is 2. The number of nitriles is 1. The Kier molecular flexibility index (Phi) is 8.39. The number of hydrogen-bond acceptors (Lipinski definition) is 5. The Bertz CT molecular complexity index is 1030. The maximum Gasteiger partial charge on any atom is 0.243 e. The number of anilines is 1. The Labute approximate surface area is 190 Å². The predicted octanol–water partition coefficient (Wildman–Crippen LogP) is 2.89. The standard InChI is InChI=1S/C24H30N4O3S/c1-2-7-21-10-12-23(13-11-21)32(30,31)27-18-16-26(17-19-27)20-24(29)28(15-6-14-25)22-8-4-3-5-9-22/h3-5,8-13H,2,6-7,15-20H2,1H3. The molecule has 3 rings (SSSR count). The van der Waals surface area contributed by atoms with E-state index in [4.69, 9.17) is 5.26 Å². The van der Waals surface area contributed by atoms with E-state index in [1.807, 2.05) is 47.4 Å². The van der Waals surface area contributed by atoms with Gasteiger partial charge in [-0.25, -0.2) is 8.42 Å². The van der Waals surface area contributed by atoms with Crippen LogP contribution in [0.1, 0.15) is 25.3 Å². The number of rotatable bonds is 9. The van der Waals surface area contributed by atoms with Gasteiger partial charge in [-0.1, -0.05) is 43.7 Å². The van der Waals surface area contributed by atoms with Crippen molar-refractivity contribution in [1.29, 1.82) is 5.26 Å². The molecule has 2 aromatic carbocycles. The fourth-order valence-electron chi connectivity index (χ4n) is 3.84. The van der Waals surface area contributed by atoms with Gasteiger partial charge in [0.25, 0.3) is 0 Å². The summed E-state index contributed by atoms with van der Waals surface area (Å²) in [6, 6.07) is 18.5. The summed E-state index contributed by atoms with van der Waals surface area (Å²) in [5.41, 5.74) is 1.90. The van der Waals surface area contributed by atoms with Gasteiger partial charge < -0.3 is 4.90 Å². The van der Waals surface area contributed by atoms with Crippen LogP contribution in [0.25, 0.3) is 0 Å². The summed E-state index contributed by atoms with van der Waals surface area (Å²) in [5.74, 6) is -0.0886. The van der Waals surface area contributed by atoms with E-state index in [0.29, 0.717) is 37.6 Å². The third kappa shape index (κ3) is 5.94. The quantitative estimate of drug-likeness (QED) is 0.582. The molecule has 2 aromatic rings. The van der Waals surface area contributed by atoms with E-state index in [1.165, 1.54) is 4.31 Å². The van der Waals surface area contributed by atoms with E-state index >= 15 is 0 Å². The van der Waals surface area contributed by atoms with Gasteiger partial charge in [-0.05, 0) is 36.2 Å². The van der Waals surface area contributed by atoms with Gasteiger partial charge in [0.1, 0.15) is 0 Å². The fourth-order valence-corrected chi connectivity index (χ4v) is 5.26. The second kappa shape index (κ2) is 11.2. The minimum atomic E-state index is -3.54. The van der Waals surface area contributed by atoms with Crippen LogP contribution in [0.4, 0.5) is 5.69 Å². The first-order chi connectivity index (χ1) is 15.5. The molecule has 8 heteroatoms. The van der Waals surface area contributed by atoms with Gasteiger partial charge in [-0.2, -0.15) is 9.57 Å². The number of carbonyl (C=O) groups is 1. The highest BCUT2D eigenvalue weighted by molar-refractivity contribution is 7.89. The molecule has 170 valence electrons. The van der Waals surface area contributed by atoms with E-state index in [0.717, 1.165) is 24.1 Å². The zero-order chi connectivity index (χ0) is 23.0. The maximum atomic E-state index is 13.0. The second-order valence-corrected chi connectivity index (χ2v) is 9.80. The summed E-state index contributed by atoms with van der Waals surface area (Å²) in [4.78, 5) is 16.9. The zero-order valence-corrected chi connectivity index (χ0v) is 19.3. The topological polar surface area (TPSA) is 84.7 Å². The maximum absolute atomic E-state index is 13.0. The lowest BCUT2D eigenvalue weighted by Gasteiger charge is -2.34. The highest BCUT2D eigenvalue weighted by Gasteiger charge is 2.29. The van der Waals surface area contributed by atoms with Crippen molar-refractivity contribution in [3.63, 3.8) is 0 Å². The Morgan fingerprint density at radius 3 is 2.28 bits per heavy atom. The van der Waals surface area contributed by atoms with E-state index in [9.17, 15) is 13.2 Å².